The minimum absolute atomic E-state index is 0. The Hall–Kier alpha value is -0.940. The number of ketones is 1. The minimum atomic E-state index is -0.513. The van der Waals surface area contributed by atoms with Crippen LogP contribution in [0.4, 0.5) is 0 Å². The number of hydrogen-bond donors (Lipinski definition) is 1. The molecule has 0 radical (unpaired) electrons. The van der Waals surface area contributed by atoms with Gasteiger partial charge in [0.1, 0.15) is 0 Å². The zero-order valence-electron chi connectivity index (χ0n) is 11.0. The van der Waals surface area contributed by atoms with E-state index in [1.54, 1.807) is 0 Å². The number of carbonyl (C=O) groups is 1. The van der Waals surface area contributed by atoms with Crippen LogP contribution in [-0.4, -0.2) is 15.9 Å². The number of Topliss-reactive ketones (excluding diaryl/α,β-unsaturated/α-hetero) is 1. The Morgan fingerprint density at radius 2 is 1.89 bits per heavy atom. The first-order valence-corrected chi connectivity index (χ1v) is 6.01. The van der Waals surface area contributed by atoms with Crippen molar-refractivity contribution in [2.24, 2.45) is 11.1 Å². The molecule has 1 saturated carbocycles. The van der Waals surface area contributed by atoms with Gasteiger partial charge in [0.2, 0.25) is 5.78 Å². The molecule has 0 bridgehead atoms. The first kappa shape index (κ1) is 15.1. The minimum Gasteiger partial charge on any atom is -0.331 e. The summed E-state index contributed by atoms with van der Waals surface area (Å²) in [6.45, 7) is 5.48. The van der Waals surface area contributed by atoms with Gasteiger partial charge in [-0.1, -0.05) is 38.8 Å². The standard InChI is InChI=1S/C12H19N3O2.ClH/c1-11(2,3)8(16)9-14-10(15-17-9)12(13)6-4-5-7-12;/h4-7,13H2,1-3H3;1H. The molecule has 2 rings (SSSR count). The molecule has 0 atom stereocenters. The zero-order valence-corrected chi connectivity index (χ0v) is 11.8. The second-order valence-corrected chi connectivity index (χ2v) is 5.87. The number of aromatic nitrogens is 2. The summed E-state index contributed by atoms with van der Waals surface area (Å²) >= 11 is 0. The number of halogens is 1. The first-order valence-electron chi connectivity index (χ1n) is 6.01. The van der Waals surface area contributed by atoms with E-state index in [2.05, 4.69) is 10.1 Å². The Balaban J connectivity index is 0.00000162. The highest BCUT2D eigenvalue weighted by molar-refractivity contribution is 5.95. The van der Waals surface area contributed by atoms with Crippen LogP contribution in [0.1, 0.15) is 63.0 Å². The first-order chi connectivity index (χ1) is 7.83. The summed E-state index contributed by atoms with van der Waals surface area (Å²) < 4.78 is 5.04. The highest BCUT2D eigenvalue weighted by atomic mass is 35.5. The van der Waals surface area contributed by atoms with Crippen LogP contribution >= 0.6 is 12.4 Å². The van der Waals surface area contributed by atoms with Gasteiger partial charge in [0, 0.05) is 5.41 Å². The molecule has 5 nitrogen and oxygen atoms in total. The molecule has 0 spiro atoms. The number of nitrogens with two attached hydrogens (primary N) is 1. The summed E-state index contributed by atoms with van der Waals surface area (Å²) in [6.07, 6.45) is 3.87. The van der Waals surface area contributed by atoms with Gasteiger partial charge in [0.15, 0.2) is 5.82 Å². The van der Waals surface area contributed by atoms with Crippen LogP contribution < -0.4 is 5.73 Å². The second kappa shape index (κ2) is 4.97. The Morgan fingerprint density at radius 3 is 2.39 bits per heavy atom. The molecule has 18 heavy (non-hydrogen) atoms. The molecule has 0 unspecified atom stereocenters. The van der Waals surface area contributed by atoms with Crippen LogP contribution in [0, 0.1) is 5.41 Å². The Morgan fingerprint density at radius 1 is 1.33 bits per heavy atom. The predicted molar refractivity (Wildman–Crippen MR) is 69.7 cm³/mol. The third-order valence-electron chi connectivity index (χ3n) is 3.24. The molecular weight excluding hydrogens is 254 g/mol. The normalized spacial score (nSPS) is 18.4. The van der Waals surface area contributed by atoms with E-state index in [1.807, 2.05) is 20.8 Å². The maximum atomic E-state index is 12.0. The van der Waals surface area contributed by atoms with Gasteiger partial charge in [-0.3, -0.25) is 4.79 Å². The Labute approximate surface area is 113 Å². The number of rotatable bonds is 2. The van der Waals surface area contributed by atoms with Crippen LogP contribution in [0.5, 0.6) is 0 Å². The fourth-order valence-corrected chi connectivity index (χ4v) is 2.07. The van der Waals surface area contributed by atoms with Gasteiger partial charge < -0.3 is 10.3 Å². The lowest BCUT2D eigenvalue weighted by molar-refractivity contribution is 0.0811. The van der Waals surface area contributed by atoms with Crippen molar-refractivity contribution < 1.29 is 9.32 Å². The quantitative estimate of drug-likeness (QED) is 0.837. The second-order valence-electron chi connectivity index (χ2n) is 5.87. The molecule has 1 fully saturated rings. The molecule has 1 aromatic rings. The van der Waals surface area contributed by atoms with Gasteiger partial charge in [0.25, 0.3) is 5.89 Å². The average molecular weight is 274 g/mol. The largest absolute Gasteiger partial charge is 0.331 e. The van der Waals surface area contributed by atoms with Crippen LogP contribution in [0.2, 0.25) is 0 Å². The monoisotopic (exact) mass is 273 g/mol. The van der Waals surface area contributed by atoms with Gasteiger partial charge in [-0.05, 0) is 12.8 Å². The van der Waals surface area contributed by atoms with Crippen molar-refractivity contribution in [3.05, 3.63) is 11.7 Å². The lowest BCUT2D eigenvalue weighted by Crippen LogP contribution is -2.34. The van der Waals surface area contributed by atoms with E-state index in [4.69, 9.17) is 10.3 Å². The van der Waals surface area contributed by atoms with Crippen molar-refractivity contribution in [1.29, 1.82) is 0 Å². The Kier molecular flexibility index (Phi) is 4.18. The zero-order chi connectivity index (χ0) is 12.7. The topological polar surface area (TPSA) is 82.0 Å². The van der Waals surface area contributed by atoms with E-state index in [0.717, 1.165) is 25.7 Å². The molecule has 0 saturated heterocycles. The van der Waals surface area contributed by atoms with Gasteiger partial charge in [-0.15, -0.1) is 12.4 Å². The maximum Gasteiger partial charge on any atom is 0.294 e. The third-order valence-corrected chi connectivity index (χ3v) is 3.24. The molecule has 1 heterocycles. The summed E-state index contributed by atoms with van der Waals surface area (Å²) in [5.74, 6) is 0.407. The Bertz CT molecular complexity index is 431. The van der Waals surface area contributed by atoms with Gasteiger partial charge in [0.05, 0.1) is 5.54 Å². The van der Waals surface area contributed by atoms with Crippen molar-refractivity contribution in [3.63, 3.8) is 0 Å². The average Bonchev–Trinajstić information content (AvgIpc) is 2.84. The van der Waals surface area contributed by atoms with Gasteiger partial charge in [-0.25, -0.2) is 0 Å². The van der Waals surface area contributed by atoms with Crippen molar-refractivity contribution in [1.82, 2.24) is 10.1 Å². The predicted octanol–water partition coefficient (Wildman–Crippen LogP) is 2.45. The molecule has 0 amide bonds. The van der Waals surface area contributed by atoms with E-state index in [9.17, 15) is 4.79 Å². The van der Waals surface area contributed by atoms with E-state index < -0.39 is 11.0 Å². The summed E-state index contributed by atoms with van der Waals surface area (Å²) in [5, 5.41) is 3.87. The third kappa shape index (κ3) is 2.72. The SMILES string of the molecule is CC(C)(C)C(=O)c1nc(C2(N)CCCC2)no1.Cl. The van der Waals surface area contributed by atoms with Crippen LogP contribution in [0.15, 0.2) is 4.52 Å². The van der Waals surface area contributed by atoms with E-state index in [-0.39, 0.29) is 24.1 Å². The highest BCUT2D eigenvalue weighted by Gasteiger charge is 2.37. The number of nitrogens with zero attached hydrogens (tertiary/aromatic N) is 2. The lowest BCUT2D eigenvalue weighted by Gasteiger charge is -2.17. The van der Waals surface area contributed by atoms with E-state index in [0.29, 0.717) is 5.82 Å². The molecule has 102 valence electrons. The fraction of sp³-hybridized carbons (Fsp3) is 0.750. The molecule has 2 N–H and O–H groups in total. The lowest BCUT2D eigenvalue weighted by atomic mass is 9.91. The molecule has 1 aliphatic carbocycles. The molecule has 1 aromatic heterocycles. The highest BCUT2D eigenvalue weighted by Crippen LogP contribution is 2.34. The summed E-state index contributed by atoms with van der Waals surface area (Å²) in [7, 11) is 0. The molecular formula is C12H20ClN3O2. The number of carbonyl (C=O) groups excluding carboxylic acids is 1. The van der Waals surface area contributed by atoms with Gasteiger partial charge in [-0.2, -0.15) is 4.98 Å². The summed E-state index contributed by atoms with van der Waals surface area (Å²) in [5.41, 5.74) is 5.19. The maximum absolute atomic E-state index is 12.0. The molecule has 6 heteroatoms. The van der Waals surface area contributed by atoms with Crippen molar-refractivity contribution in [2.45, 2.75) is 52.0 Å². The van der Waals surface area contributed by atoms with Crippen LogP contribution in [-0.2, 0) is 5.54 Å². The number of hydrogen-bond acceptors (Lipinski definition) is 5. The molecule has 1 aliphatic rings. The van der Waals surface area contributed by atoms with Crippen molar-refractivity contribution >= 4 is 18.2 Å². The fourth-order valence-electron chi connectivity index (χ4n) is 2.07. The van der Waals surface area contributed by atoms with Crippen molar-refractivity contribution in [2.75, 3.05) is 0 Å². The van der Waals surface area contributed by atoms with Gasteiger partial charge >= 0.3 is 0 Å². The summed E-state index contributed by atoms with van der Waals surface area (Å²) in [6, 6.07) is 0. The molecule has 0 aliphatic heterocycles. The van der Waals surface area contributed by atoms with E-state index in [1.165, 1.54) is 0 Å². The van der Waals surface area contributed by atoms with E-state index >= 15 is 0 Å². The van der Waals surface area contributed by atoms with Crippen LogP contribution in [0.3, 0.4) is 0 Å². The molecule has 0 aromatic carbocycles. The smallest absolute Gasteiger partial charge is 0.294 e. The summed E-state index contributed by atoms with van der Waals surface area (Å²) in [4.78, 5) is 16.1. The van der Waals surface area contributed by atoms with Crippen LogP contribution in [0.25, 0.3) is 0 Å². The van der Waals surface area contributed by atoms with Crippen molar-refractivity contribution in [3.8, 4) is 0 Å².